The van der Waals surface area contributed by atoms with Gasteiger partial charge in [-0.25, -0.2) is 0 Å². The van der Waals surface area contributed by atoms with Crippen LogP contribution < -0.4 is 19.9 Å². The Balaban J connectivity index is 1.74. The van der Waals surface area contributed by atoms with Crippen LogP contribution in [0.3, 0.4) is 0 Å². The number of aromatic carboxylic acids is 1. The normalized spacial score (nSPS) is 21.1. The number of fused-ring (bicyclic) bond motifs is 5. The molecule has 3 aromatic rings. The van der Waals surface area contributed by atoms with Crippen molar-refractivity contribution in [1.29, 1.82) is 0 Å². The molecule has 30 heavy (non-hydrogen) atoms. The molecule has 152 valence electrons. The summed E-state index contributed by atoms with van der Waals surface area (Å²) < 4.78 is 11.2. The molecule has 0 fully saturated rings. The summed E-state index contributed by atoms with van der Waals surface area (Å²) in [5, 5.41) is 15.4. The molecule has 1 heterocycles. The lowest BCUT2D eigenvalue weighted by Gasteiger charge is -2.39. The first-order valence-corrected chi connectivity index (χ1v) is 10.0. The highest BCUT2D eigenvalue weighted by Gasteiger charge is 2.44. The minimum absolute atomic E-state index is 0.0951. The van der Waals surface area contributed by atoms with Crippen molar-refractivity contribution in [2.24, 2.45) is 5.92 Å². The number of carbonyl (C=O) groups is 1. The van der Waals surface area contributed by atoms with Crippen molar-refractivity contribution in [2.45, 2.75) is 18.4 Å². The molecule has 0 bridgehead atoms. The molecule has 0 radical (unpaired) electrons. The Kier molecular flexibility index (Phi) is 4.39. The summed E-state index contributed by atoms with van der Waals surface area (Å²) in [4.78, 5) is 11.9. The smallest absolute Gasteiger partial charge is 0.165 e. The van der Waals surface area contributed by atoms with E-state index in [-0.39, 0.29) is 23.4 Å². The highest BCUT2D eigenvalue weighted by Crippen LogP contribution is 2.55. The lowest BCUT2D eigenvalue weighted by molar-refractivity contribution is -0.254. The fraction of sp³-hybridized carbons (Fsp3) is 0.240. The molecule has 0 amide bonds. The zero-order chi connectivity index (χ0) is 20.8. The minimum atomic E-state index is -1.18. The summed E-state index contributed by atoms with van der Waals surface area (Å²) in [6.45, 7) is 0. The second kappa shape index (κ2) is 7.10. The van der Waals surface area contributed by atoms with Gasteiger partial charge in [-0.15, -0.1) is 0 Å². The molecular formula is C25H22NO4-. The number of carboxylic acids is 1. The number of rotatable bonds is 4. The van der Waals surface area contributed by atoms with E-state index in [0.29, 0.717) is 17.2 Å². The zero-order valence-corrected chi connectivity index (χ0v) is 16.8. The van der Waals surface area contributed by atoms with Crippen LogP contribution in [0.15, 0.2) is 60.7 Å². The second-order valence-corrected chi connectivity index (χ2v) is 7.81. The van der Waals surface area contributed by atoms with Crippen LogP contribution in [0.25, 0.3) is 0 Å². The van der Waals surface area contributed by atoms with Crippen molar-refractivity contribution in [3.8, 4) is 11.5 Å². The van der Waals surface area contributed by atoms with E-state index >= 15 is 0 Å². The van der Waals surface area contributed by atoms with Crippen LogP contribution in [0.5, 0.6) is 11.5 Å². The van der Waals surface area contributed by atoms with E-state index in [4.69, 9.17) is 9.47 Å². The highest BCUT2D eigenvalue weighted by molar-refractivity contribution is 5.94. The maximum Gasteiger partial charge on any atom is 0.165 e. The third-order valence-electron chi connectivity index (χ3n) is 6.42. The van der Waals surface area contributed by atoms with Gasteiger partial charge in [0.25, 0.3) is 0 Å². The van der Waals surface area contributed by atoms with Crippen molar-refractivity contribution in [3.63, 3.8) is 0 Å². The van der Waals surface area contributed by atoms with Crippen molar-refractivity contribution in [1.82, 2.24) is 0 Å². The van der Waals surface area contributed by atoms with E-state index in [0.717, 1.165) is 17.5 Å². The first kappa shape index (κ1) is 18.6. The summed E-state index contributed by atoms with van der Waals surface area (Å²) in [7, 11) is 3.25. The summed E-state index contributed by atoms with van der Waals surface area (Å²) in [5.74, 6) is 0.454. The lowest BCUT2D eigenvalue weighted by atomic mass is 9.74. The molecule has 2 aliphatic rings. The molecule has 1 aliphatic heterocycles. The molecule has 3 aromatic carbocycles. The number of nitrogens with one attached hydrogen (secondary N) is 1. The topological polar surface area (TPSA) is 70.6 Å². The third kappa shape index (κ3) is 2.65. The monoisotopic (exact) mass is 400 g/mol. The van der Waals surface area contributed by atoms with E-state index < -0.39 is 5.97 Å². The predicted octanol–water partition coefficient (Wildman–Crippen LogP) is 3.54. The molecule has 5 rings (SSSR count). The Morgan fingerprint density at radius 3 is 2.43 bits per heavy atom. The van der Waals surface area contributed by atoms with Gasteiger partial charge in [0.15, 0.2) is 11.5 Å². The maximum absolute atomic E-state index is 11.9. The molecule has 0 saturated heterocycles. The minimum Gasteiger partial charge on any atom is -0.545 e. The van der Waals surface area contributed by atoms with E-state index in [1.807, 2.05) is 30.3 Å². The van der Waals surface area contributed by atoms with Gasteiger partial charge >= 0.3 is 0 Å². The van der Waals surface area contributed by atoms with Crippen LogP contribution in [0.2, 0.25) is 0 Å². The van der Waals surface area contributed by atoms with Crippen molar-refractivity contribution in [2.75, 3.05) is 19.5 Å². The Hall–Kier alpha value is -3.47. The number of carbonyl (C=O) groups excluding carboxylic acids is 1. The number of anilines is 1. The third-order valence-corrected chi connectivity index (χ3v) is 6.42. The molecule has 1 aliphatic carbocycles. The highest BCUT2D eigenvalue weighted by atomic mass is 16.5. The summed E-state index contributed by atoms with van der Waals surface area (Å²) >= 11 is 0. The number of para-hydroxylation sites is 2. The lowest BCUT2D eigenvalue weighted by Crippen LogP contribution is -2.33. The van der Waals surface area contributed by atoms with Gasteiger partial charge in [0.05, 0.1) is 26.2 Å². The van der Waals surface area contributed by atoms with E-state index in [1.54, 1.807) is 26.4 Å². The fourth-order valence-corrected chi connectivity index (χ4v) is 5.22. The Morgan fingerprint density at radius 1 is 0.933 bits per heavy atom. The standard InChI is InChI=1S/C25H23NO4/c1-29-20-12-6-10-17(24(20)30-2)23-19-13-14-7-3-4-8-15(14)21(19)16-9-5-11-18(25(27)28)22(16)26-23/h3-12,19,21,23,26H,13H2,1-2H3,(H,27,28)/p-1/t19-,21-,23+/m1/s1. The molecular weight excluding hydrogens is 378 g/mol. The van der Waals surface area contributed by atoms with Crippen LogP contribution >= 0.6 is 0 Å². The number of ether oxygens (including phenoxy) is 2. The number of hydrogen-bond donors (Lipinski definition) is 1. The van der Waals surface area contributed by atoms with Gasteiger partial charge in [-0.3, -0.25) is 0 Å². The van der Waals surface area contributed by atoms with Crippen molar-refractivity contribution < 1.29 is 19.4 Å². The van der Waals surface area contributed by atoms with E-state index in [2.05, 4.69) is 23.5 Å². The quantitative estimate of drug-likeness (QED) is 0.725. The molecule has 0 aromatic heterocycles. The van der Waals surface area contributed by atoms with Gasteiger partial charge in [-0.05, 0) is 35.1 Å². The molecule has 0 saturated carbocycles. The molecule has 0 spiro atoms. The van der Waals surface area contributed by atoms with Gasteiger partial charge in [0.1, 0.15) is 0 Å². The fourth-order valence-electron chi connectivity index (χ4n) is 5.22. The molecule has 5 nitrogen and oxygen atoms in total. The molecule has 0 unspecified atom stereocenters. The molecule has 1 N–H and O–H groups in total. The number of methoxy groups -OCH3 is 2. The first-order valence-electron chi connectivity index (χ1n) is 10.0. The largest absolute Gasteiger partial charge is 0.545 e. The summed E-state index contributed by atoms with van der Waals surface area (Å²) in [5.41, 5.74) is 5.33. The number of carboxylic acid groups (broad SMARTS) is 1. The van der Waals surface area contributed by atoms with E-state index in [9.17, 15) is 9.90 Å². The van der Waals surface area contributed by atoms with Crippen LogP contribution in [0.1, 0.15) is 44.6 Å². The Morgan fingerprint density at radius 2 is 1.67 bits per heavy atom. The van der Waals surface area contributed by atoms with Gasteiger partial charge in [0, 0.05) is 22.7 Å². The van der Waals surface area contributed by atoms with Gasteiger partial charge in [0.2, 0.25) is 0 Å². The number of benzene rings is 3. The molecule has 3 atom stereocenters. The van der Waals surface area contributed by atoms with Crippen LogP contribution in [-0.2, 0) is 6.42 Å². The van der Waals surface area contributed by atoms with Gasteiger partial charge < -0.3 is 24.7 Å². The Bertz CT molecular complexity index is 1140. The van der Waals surface area contributed by atoms with Crippen LogP contribution in [-0.4, -0.2) is 20.2 Å². The van der Waals surface area contributed by atoms with Crippen molar-refractivity contribution >= 4 is 11.7 Å². The second-order valence-electron chi connectivity index (χ2n) is 7.81. The SMILES string of the molecule is COc1cccc([C@@H]2Nc3c(C(=O)[O-])cccc3[C@H]3c4ccccc4C[C@H]32)c1OC. The first-order chi connectivity index (χ1) is 14.6. The molecule has 5 heteroatoms. The van der Waals surface area contributed by atoms with Crippen LogP contribution in [0, 0.1) is 5.92 Å². The summed E-state index contributed by atoms with van der Waals surface area (Å²) in [6.07, 6.45) is 0.897. The van der Waals surface area contributed by atoms with Gasteiger partial charge in [-0.1, -0.05) is 54.6 Å². The zero-order valence-electron chi connectivity index (χ0n) is 16.8. The average Bonchev–Trinajstić information content (AvgIpc) is 3.17. The Labute approximate surface area is 175 Å². The van der Waals surface area contributed by atoms with E-state index in [1.165, 1.54) is 11.1 Å². The van der Waals surface area contributed by atoms with Crippen molar-refractivity contribution in [3.05, 3.63) is 88.5 Å². The number of hydrogen-bond acceptors (Lipinski definition) is 5. The van der Waals surface area contributed by atoms with Crippen LogP contribution in [0.4, 0.5) is 5.69 Å². The van der Waals surface area contributed by atoms with Gasteiger partial charge in [-0.2, -0.15) is 0 Å². The maximum atomic E-state index is 11.9. The predicted molar refractivity (Wildman–Crippen MR) is 112 cm³/mol. The average molecular weight is 400 g/mol. The summed E-state index contributed by atoms with van der Waals surface area (Å²) in [6, 6.07) is 19.5.